The van der Waals surface area contributed by atoms with Crippen LogP contribution in [0.15, 0.2) is 18.3 Å². The summed E-state index contributed by atoms with van der Waals surface area (Å²) in [6.45, 7) is 1.65. The van der Waals surface area contributed by atoms with Crippen molar-refractivity contribution < 1.29 is 9.59 Å². The summed E-state index contributed by atoms with van der Waals surface area (Å²) < 4.78 is 0. The van der Waals surface area contributed by atoms with Gasteiger partial charge in [0.25, 0.3) is 5.91 Å². The number of hydrogen-bond acceptors (Lipinski definition) is 4. The fraction of sp³-hybridized carbons (Fsp3) is 0.364. The van der Waals surface area contributed by atoms with E-state index in [4.69, 9.17) is 5.73 Å². The molecule has 0 fully saturated rings. The second-order valence-electron chi connectivity index (χ2n) is 3.90. The maximum atomic E-state index is 11.7. The molecule has 1 heterocycles. The van der Waals surface area contributed by atoms with Gasteiger partial charge >= 0.3 is 0 Å². The van der Waals surface area contributed by atoms with Crippen LogP contribution in [0.4, 0.5) is 5.69 Å². The normalized spacial score (nSPS) is 11.7. The second kappa shape index (κ2) is 5.29. The van der Waals surface area contributed by atoms with Gasteiger partial charge in [0.15, 0.2) is 0 Å². The van der Waals surface area contributed by atoms with Crippen molar-refractivity contribution in [2.24, 2.45) is 5.73 Å². The molecule has 0 aromatic carbocycles. The molecule has 2 amide bonds. The summed E-state index contributed by atoms with van der Waals surface area (Å²) in [5.74, 6) is -0.650. The van der Waals surface area contributed by atoms with Crippen LogP contribution in [0.1, 0.15) is 17.4 Å². The standard InChI is InChI=1S/C11H16N4O2/c1-7(10(12)16)14-8-4-5-13-9(6-8)11(17)15(2)3/h4-7H,1-3H3,(H2,12,16)(H,13,14). The lowest BCUT2D eigenvalue weighted by Gasteiger charge is -2.13. The Balaban J connectivity index is 2.86. The number of amides is 2. The average Bonchev–Trinajstić information content (AvgIpc) is 2.28. The molecule has 0 spiro atoms. The fourth-order valence-electron chi connectivity index (χ4n) is 1.19. The third kappa shape index (κ3) is 3.44. The van der Waals surface area contributed by atoms with E-state index in [0.29, 0.717) is 11.4 Å². The summed E-state index contributed by atoms with van der Waals surface area (Å²) in [5.41, 5.74) is 6.09. The number of pyridine rings is 1. The number of nitrogens with one attached hydrogen (secondary N) is 1. The third-order valence-corrected chi connectivity index (χ3v) is 2.20. The fourth-order valence-corrected chi connectivity index (χ4v) is 1.19. The predicted molar refractivity (Wildman–Crippen MR) is 64.5 cm³/mol. The lowest BCUT2D eigenvalue weighted by Crippen LogP contribution is -2.32. The Hall–Kier alpha value is -2.11. The predicted octanol–water partition coefficient (Wildman–Crippen LogP) is 0.0691. The van der Waals surface area contributed by atoms with Crippen LogP contribution in [0.25, 0.3) is 0 Å². The summed E-state index contributed by atoms with van der Waals surface area (Å²) in [7, 11) is 3.30. The second-order valence-corrected chi connectivity index (χ2v) is 3.90. The summed E-state index contributed by atoms with van der Waals surface area (Å²) in [6, 6.07) is 2.76. The molecule has 1 aromatic rings. The molecule has 1 rings (SSSR count). The van der Waals surface area contributed by atoms with E-state index in [0.717, 1.165) is 0 Å². The Morgan fingerprint density at radius 1 is 1.47 bits per heavy atom. The van der Waals surface area contributed by atoms with E-state index in [1.54, 1.807) is 33.2 Å². The van der Waals surface area contributed by atoms with Crippen molar-refractivity contribution in [1.82, 2.24) is 9.88 Å². The summed E-state index contributed by atoms with van der Waals surface area (Å²) >= 11 is 0. The molecule has 0 radical (unpaired) electrons. The lowest BCUT2D eigenvalue weighted by atomic mass is 10.2. The Bertz CT molecular complexity index is 431. The molecule has 0 saturated heterocycles. The van der Waals surface area contributed by atoms with Crippen LogP contribution in [0.2, 0.25) is 0 Å². The van der Waals surface area contributed by atoms with Crippen LogP contribution in [0, 0.1) is 0 Å². The van der Waals surface area contributed by atoms with Gasteiger partial charge in [0.05, 0.1) is 0 Å². The van der Waals surface area contributed by atoms with Crippen molar-refractivity contribution in [2.75, 3.05) is 19.4 Å². The Kier molecular flexibility index (Phi) is 4.03. The van der Waals surface area contributed by atoms with Crippen LogP contribution < -0.4 is 11.1 Å². The van der Waals surface area contributed by atoms with Crippen molar-refractivity contribution in [3.8, 4) is 0 Å². The molecule has 0 aliphatic rings. The molecular formula is C11H16N4O2. The summed E-state index contributed by atoms with van der Waals surface area (Å²) in [6.07, 6.45) is 1.51. The molecule has 0 aliphatic carbocycles. The highest BCUT2D eigenvalue weighted by Crippen LogP contribution is 2.10. The molecule has 0 saturated carbocycles. The highest BCUT2D eigenvalue weighted by molar-refractivity contribution is 5.93. The Morgan fingerprint density at radius 3 is 2.65 bits per heavy atom. The number of nitrogens with two attached hydrogens (primary N) is 1. The van der Waals surface area contributed by atoms with E-state index in [1.165, 1.54) is 11.1 Å². The number of rotatable bonds is 4. The number of primary amides is 1. The average molecular weight is 236 g/mol. The van der Waals surface area contributed by atoms with E-state index < -0.39 is 11.9 Å². The van der Waals surface area contributed by atoms with E-state index in [1.807, 2.05) is 0 Å². The van der Waals surface area contributed by atoms with E-state index in [2.05, 4.69) is 10.3 Å². The first kappa shape index (κ1) is 13.0. The van der Waals surface area contributed by atoms with Gasteiger partial charge in [0.1, 0.15) is 11.7 Å². The van der Waals surface area contributed by atoms with Gasteiger partial charge in [-0.2, -0.15) is 0 Å². The molecule has 17 heavy (non-hydrogen) atoms. The monoisotopic (exact) mass is 236 g/mol. The first-order chi connectivity index (χ1) is 7.91. The van der Waals surface area contributed by atoms with Crippen LogP contribution in [0.5, 0.6) is 0 Å². The van der Waals surface area contributed by atoms with Crippen LogP contribution in [0.3, 0.4) is 0 Å². The van der Waals surface area contributed by atoms with Gasteiger partial charge in [0.2, 0.25) is 5.91 Å². The van der Waals surface area contributed by atoms with Crippen molar-refractivity contribution in [1.29, 1.82) is 0 Å². The minimum Gasteiger partial charge on any atom is -0.374 e. The maximum absolute atomic E-state index is 11.7. The topological polar surface area (TPSA) is 88.3 Å². The molecule has 6 heteroatoms. The first-order valence-electron chi connectivity index (χ1n) is 5.15. The molecule has 0 aliphatic heterocycles. The molecular weight excluding hydrogens is 220 g/mol. The Morgan fingerprint density at radius 2 is 2.12 bits per heavy atom. The van der Waals surface area contributed by atoms with Crippen LogP contribution in [-0.4, -0.2) is 41.8 Å². The maximum Gasteiger partial charge on any atom is 0.272 e. The van der Waals surface area contributed by atoms with Crippen LogP contribution >= 0.6 is 0 Å². The number of anilines is 1. The number of nitrogens with zero attached hydrogens (tertiary/aromatic N) is 2. The zero-order valence-electron chi connectivity index (χ0n) is 10.1. The smallest absolute Gasteiger partial charge is 0.272 e. The Labute approximate surface area is 99.8 Å². The minimum atomic E-state index is -0.500. The van der Waals surface area contributed by atoms with Gasteiger partial charge in [-0.3, -0.25) is 14.6 Å². The molecule has 1 unspecified atom stereocenters. The van der Waals surface area contributed by atoms with Crippen molar-refractivity contribution in [2.45, 2.75) is 13.0 Å². The molecule has 1 atom stereocenters. The third-order valence-electron chi connectivity index (χ3n) is 2.20. The lowest BCUT2D eigenvalue weighted by molar-refractivity contribution is -0.118. The summed E-state index contributed by atoms with van der Waals surface area (Å²) in [5, 5.41) is 2.89. The largest absolute Gasteiger partial charge is 0.374 e. The molecule has 92 valence electrons. The molecule has 6 nitrogen and oxygen atoms in total. The van der Waals surface area contributed by atoms with Crippen LogP contribution in [-0.2, 0) is 4.79 Å². The summed E-state index contributed by atoms with van der Waals surface area (Å²) in [4.78, 5) is 28.0. The number of carbonyl (C=O) groups excluding carboxylic acids is 2. The van der Waals surface area contributed by atoms with Gasteiger partial charge in [-0.15, -0.1) is 0 Å². The van der Waals surface area contributed by atoms with E-state index in [9.17, 15) is 9.59 Å². The molecule has 0 bridgehead atoms. The molecule has 1 aromatic heterocycles. The van der Waals surface area contributed by atoms with Gasteiger partial charge in [-0.1, -0.05) is 0 Å². The van der Waals surface area contributed by atoms with Gasteiger partial charge in [-0.25, -0.2) is 0 Å². The number of aromatic nitrogens is 1. The van der Waals surface area contributed by atoms with Crippen molar-refractivity contribution in [3.05, 3.63) is 24.0 Å². The number of hydrogen-bond donors (Lipinski definition) is 2. The highest BCUT2D eigenvalue weighted by atomic mass is 16.2. The minimum absolute atomic E-state index is 0.194. The SMILES string of the molecule is CC(Nc1ccnc(C(=O)N(C)C)c1)C(N)=O. The van der Waals surface area contributed by atoms with Crippen molar-refractivity contribution in [3.63, 3.8) is 0 Å². The van der Waals surface area contributed by atoms with Gasteiger partial charge in [-0.05, 0) is 19.1 Å². The zero-order chi connectivity index (χ0) is 13.0. The van der Waals surface area contributed by atoms with E-state index >= 15 is 0 Å². The number of carbonyl (C=O) groups is 2. The van der Waals surface area contributed by atoms with Gasteiger partial charge < -0.3 is 16.0 Å². The zero-order valence-corrected chi connectivity index (χ0v) is 10.1. The molecule has 3 N–H and O–H groups in total. The first-order valence-corrected chi connectivity index (χ1v) is 5.15. The highest BCUT2D eigenvalue weighted by Gasteiger charge is 2.12. The van der Waals surface area contributed by atoms with E-state index in [-0.39, 0.29) is 5.91 Å². The van der Waals surface area contributed by atoms with Gasteiger partial charge in [0, 0.05) is 26.0 Å². The quantitative estimate of drug-likeness (QED) is 0.774. The van der Waals surface area contributed by atoms with Crippen molar-refractivity contribution >= 4 is 17.5 Å².